The zero-order valence-corrected chi connectivity index (χ0v) is 15.5. The van der Waals surface area contributed by atoms with Crippen LogP contribution in [0, 0.1) is 5.82 Å². The smallest absolute Gasteiger partial charge is 0.310 e. The number of amides is 1. The van der Waals surface area contributed by atoms with Crippen LogP contribution >= 0.6 is 22.9 Å². The monoisotopic (exact) mass is 404 g/mol. The van der Waals surface area contributed by atoms with Gasteiger partial charge in [-0.05, 0) is 42.0 Å². The Morgan fingerprint density at radius 2 is 1.81 bits per heavy atom. The van der Waals surface area contributed by atoms with Crippen molar-refractivity contribution in [1.29, 1.82) is 0 Å². The van der Waals surface area contributed by atoms with Gasteiger partial charge in [-0.1, -0.05) is 23.7 Å². The van der Waals surface area contributed by atoms with Crippen molar-refractivity contribution in [3.63, 3.8) is 0 Å². The molecule has 3 rings (SSSR count). The standard InChI is InChI=1S/C19H14ClFN2O3S/c20-14-5-1-12(2-6-14)9-18(25)26-10-17(24)23-19-22-16(11-27-19)13-3-7-15(21)8-4-13/h1-8,11H,9-10H2,(H,22,23,24). The van der Waals surface area contributed by atoms with Gasteiger partial charge >= 0.3 is 5.97 Å². The highest BCUT2D eigenvalue weighted by Gasteiger charge is 2.11. The third-order valence-corrected chi connectivity index (χ3v) is 4.53. The van der Waals surface area contributed by atoms with Crippen LogP contribution in [0.25, 0.3) is 11.3 Å². The second kappa shape index (κ2) is 8.75. The number of nitrogens with zero attached hydrogens (tertiary/aromatic N) is 1. The molecule has 1 aromatic heterocycles. The van der Waals surface area contributed by atoms with Crippen LogP contribution in [0.4, 0.5) is 9.52 Å². The first-order valence-electron chi connectivity index (χ1n) is 7.91. The molecule has 138 valence electrons. The van der Waals surface area contributed by atoms with Crippen LogP contribution in [0.15, 0.2) is 53.9 Å². The van der Waals surface area contributed by atoms with E-state index < -0.39 is 18.5 Å². The Kier molecular flexibility index (Phi) is 6.16. The molecule has 3 aromatic rings. The Balaban J connectivity index is 1.48. The third kappa shape index (κ3) is 5.60. The Labute approximate surface area is 163 Å². The Bertz CT molecular complexity index is 942. The number of anilines is 1. The van der Waals surface area contributed by atoms with Crippen LogP contribution in [0.1, 0.15) is 5.56 Å². The van der Waals surface area contributed by atoms with Crippen molar-refractivity contribution in [1.82, 2.24) is 4.98 Å². The largest absolute Gasteiger partial charge is 0.455 e. The topological polar surface area (TPSA) is 68.3 Å². The molecule has 0 saturated carbocycles. The number of benzene rings is 2. The Hall–Kier alpha value is -2.77. The van der Waals surface area contributed by atoms with Crippen LogP contribution in [-0.4, -0.2) is 23.5 Å². The van der Waals surface area contributed by atoms with Gasteiger partial charge in [0.25, 0.3) is 5.91 Å². The molecule has 0 aliphatic rings. The average molecular weight is 405 g/mol. The molecule has 0 fully saturated rings. The predicted octanol–water partition coefficient (Wildman–Crippen LogP) is 4.33. The van der Waals surface area contributed by atoms with Gasteiger partial charge in [-0.3, -0.25) is 14.9 Å². The van der Waals surface area contributed by atoms with Gasteiger partial charge in [0.15, 0.2) is 11.7 Å². The van der Waals surface area contributed by atoms with Gasteiger partial charge < -0.3 is 4.74 Å². The summed E-state index contributed by atoms with van der Waals surface area (Å²) in [7, 11) is 0. The number of hydrogen-bond donors (Lipinski definition) is 1. The minimum absolute atomic E-state index is 0.0520. The lowest BCUT2D eigenvalue weighted by Crippen LogP contribution is -2.21. The van der Waals surface area contributed by atoms with Crippen LogP contribution < -0.4 is 5.32 Å². The number of hydrogen-bond acceptors (Lipinski definition) is 5. The summed E-state index contributed by atoms with van der Waals surface area (Å²) in [6, 6.07) is 12.7. The number of carbonyl (C=O) groups excluding carboxylic acids is 2. The van der Waals surface area contributed by atoms with E-state index >= 15 is 0 Å². The van der Waals surface area contributed by atoms with Crippen molar-refractivity contribution in [3.05, 3.63) is 70.3 Å². The van der Waals surface area contributed by atoms with Crippen molar-refractivity contribution >= 4 is 39.9 Å². The number of ether oxygens (including phenoxy) is 1. The van der Waals surface area contributed by atoms with Gasteiger partial charge in [0.1, 0.15) is 5.82 Å². The quantitative estimate of drug-likeness (QED) is 0.621. The molecule has 5 nitrogen and oxygen atoms in total. The Morgan fingerprint density at radius 3 is 2.52 bits per heavy atom. The lowest BCUT2D eigenvalue weighted by atomic mass is 10.1. The normalized spacial score (nSPS) is 10.4. The van der Waals surface area contributed by atoms with E-state index in [2.05, 4.69) is 10.3 Å². The number of rotatable bonds is 6. The fourth-order valence-electron chi connectivity index (χ4n) is 2.21. The predicted molar refractivity (Wildman–Crippen MR) is 102 cm³/mol. The summed E-state index contributed by atoms with van der Waals surface area (Å²) in [5, 5.41) is 5.26. The minimum atomic E-state index is -0.515. The number of halogens is 2. The fourth-order valence-corrected chi connectivity index (χ4v) is 3.07. The summed E-state index contributed by atoms with van der Waals surface area (Å²) >= 11 is 7.01. The number of aromatic nitrogens is 1. The molecule has 0 bridgehead atoms. The molecular formula is C19H14ClFN2O3S. The number of esters is 1. The SMILES string of the molecule is O=C(COC(=O)Cc1ccc(Cl)cc1)Nc1nc(-c2ccc(F)cc2)cs1. The molecule has 0 unspecified atom stereocenters. The molecule has 0 aliphatic heterocycles. The van der Waals surface area contributed by atoms with Gasteiger partial charge in [-0.25, -0.2) is 9.37 Å². The third-order valence-electron chi connectivity index (χ3n) is 3.52. The highest BCUT2D eigenvalue weighted by atomic mass is 35.5. The number of carbonyl (C=O) groups is 2. The van der Waals surface area contributed by atoms with E-state index in [4.69, 9.17) is 16.3 Å². The van der Waals surface area contributed by atoms with E-state index in [1.165, 1.54) is 23.5 Å². The lowest BCUT2D eigenvalue weighted by Gasteiger charge is -2.05. The average Bonchev–Trinajstić information content (AvgIpc) is 3.11. The minimum Gasteiger partial charge on any atom is -0.455 e. The van der Waals surface area contributed by atoms with E-state index in [9.17, 15) is 14.0 Å². The van der Waals surface area contributed by atoms with E-state index in [-0.39, 0.29) is 12.2 Å². The van der Waals surface area contributed by atoms with Crippen molar-refractivity contribution in [2.45, 2.75) is 6.42 Å². The highest BCUT2D eigenvalue weighted by Crippen LogP contribution is 2.24. The molecule has 8 heteroatoms. The summed E-state index contributed by atoms with van der Waals surface area (Å²) < 4.78 is 17.9. The van der Waals surface area contributed by atoms with Gasteiger partial charge in [-0.2, -0.15) is 0 Å². The van der Waals surface area contributed by atoms with Crippen molar-refractivity contribution in [3.8, 4) is 11.3 Å². The number of thiazole rings is 1. The molecule has 1 amide bonds. The van der Waals surface area contributed by atoms with Gasteiger partial charge in [0, 0.05) is 16.0 Å². The molecule has 1 N–H and O–H groups in total. The molecule has 0 spiro atoms. The highest BCUT2D eigenvalue weighted by molar-refractivity contribution is 7.14. The molecular weight excluding hydrogens is 391 g/mol. The van der Waals surface area contributed by atoms with Gasteiger partial charge in [0.05, 0.1) is 12.1 Å². The van der Waals surface area contributed by atoms with Crippen LogP contribution in [0.5, 0.6) is 0 Å². The van der Waals surface area contributed by atoms with Crippen LogP contribution in [0.2, 0.25) is 5.02 Å². The molecule has 1 heterocycles. The molecule has 0 radical (unpaired) electrons. The Morgan fingerprint density at radius 1 is 1.11 bits per heavy atom. The molecule has 0 atom stereocenters. The van der Waals surface area contributed by atoms with Crippen LogP contribution in [0.3, 0.4) is 0 Å². The summed E-state index contributed by atoms with van der Waals surface area (Å²) in [5.41, 5.74) is 2.10. The van der Waals surface area contributed by atoms with Crippen LogP contribution in [-0.2, 0) is 20.7 Å². The second-order valence-electron chi connectivity index (χ2n) is 5.56. The summed E-state index contributed by atoms with van der Waals surface area (Å²) in [4.78, 5) is 28.0. The van der Waals surface area contributed by atoms with Crippen molar-refractivity contribution < 1.29 is 18.7 Å². The summed E-state index contributed by atoms with van der Waals surface area (Å²) in [5.74, 6) is -1.33. The zero-order chi connectivity index (χ0) is 19.2. The van der Waals surface area contributed by atoms with Gasteiger partial charge in [-0.15, -0.1) is 11.3 Å². The first kappa shape index (κ1) is 19.0. The van der Waals surface area contributed by atoms with E-state index in [1.54, 1.807) is 41.8 Å². The van der Waals surface area contributed by atoms with Gasteiger partial charge in [0.2, 0.25) is 0 Å². The summed E-state index contributed by atoms with van der Waals surface area (Å²) in [6.45, 7) is -0.405. The first-order valence-corrected chi connectivity index (χ1v) is 9.17. The molecule has 27 heavy (non-hydrogen) atoms. The second-order valence-corrected chi connectivity index (χ2v) is 6.85. The van der Waals surface area contributed by atoms with E-state index in [0.717, 1.165) is 11.1 Å². The maximum Gasteiger partial charge on any atom is 0.310 e. The summed E-state index contributed by atoms with van der Waals surface area (Å²) in [6.07, 6.45) is 0.0520. The first-order chi connectivity index (χ1) is 13.0. The zero-order valence-electron chi connectivity index (χ0n) is 13.9. The van der Waals surface area contributed by atoms with Crippen molar-refractivity contribution in [2.24, 2.45) is 0 Å². The van der Waals surface area contributed by atoms with E-state index in [1.807, 2.05) is 0 Å². The maximum atomic E-state index is 13.0. The molecule has 2 aromatic carbocycles. The number of nitrogens with one attached hydrogen (secondary N) is 1. The fraction of sp³-hybridized carbons (Fsp3) is 0.105. The maximum absolute atomic E-state index is 13.0. The van der Waals surface area contributed by atoms with E-state index in [0.29, 0.717) is 15.8 Å². The molecule has 0 saturated heterocycles. The molecule has 0 aliphatic carbocycles. The lowest BCUT2D eigenvalue weighted by molar-refractivity contribution is -0.146. The van der Waals surface area contributed by atoms with Crippen molar-refractivity contribution in [2.75, 3.05) is 11.9 Å².